The molecule has 29 heavy (non-hydrogen) atoms. The highest BCUT2D eigenvalue weighted by molar-refractivity contribution is 7.99. The Kier molecular flexibility index (Phi) is 6.66. The number of hydrogen-bond acceptors (Lipinski definition) is 6. The van der Waals surface area contributed by atoms with E-state index >= 15 is 0 Å². The zero-order valence-electron chi connectivity index (χ0n) is 15.6. The number of anilines is 1. The van der Waals surface area contributed by atoms with E-state index in [0.717, 1.165) is 17.5 Å². The molecule has 1 amide bonds. The number of aromatic amines is 1. The number of nitriles is 1. The lowest BCUT2D eigenvalue weighted by Crippen LogP contribution is -2.18. The summed E-state index contributed by atoms with van der Waals surface area (Å²) >= 11 is 1.10. The van der Waals surface area contributed by atoms with E-state index in [1.165, 1.54) is 0 Å². The molecule has 3 aromatic rings. The van der Waals surface area contributed by atoms with Gasteiger partial charge in [0.1, 0.15) is 23.1 Å². The monoisotopic (exact) mass is 406 g/mol. The van der Waals surface area contributed by atoms with Gasteiger partial charge in [-0.3, -0.25) is 9.59 Å². The number of benzene rings is 2. The Morgan fingerprint density at radius 1 is 1.17 bits per heavy atom. The Balaban J connectivity index is 1.56. The molecule has 0 aliphatic carbocycles. The fraction of sp³-hybridized carbons (Fsp3) is 0.143. The van der Waals surface area contributed by atoms with Gasteiger partial charge in [-0.05, 0) is 42.8 Å². The minimum absolute atomic E-state index is 0.0131. The molecule has 0 spiro atoms. The molecule has 8 heteroatoms. The van der Waals surface area contributed by atoms with Crippen LogP contribution in [-0.2, 0) is 11.2 Å². The van der Waals surface area contributed by atoms with Crippen molar-refractivity contribution in [1.29, 1.82) is 5.26 Å². The first-order valence-electron chi connectivity index (χ1n) is 8.88. The van der Waals surface area contributed by atoms with Gasteiger partial charge in [0.25, 0.3) is 5.56 Å². The third-order valence-electron chi connectivity index (χ3n) is 3.88. The molecule has 0 aliphatic heterocycles. The molecule has 0 aliphatic rings. The second-order valence-corrected chi connectivity index (χ2v) is 6.90. The van der Waals surface area contributed by atoms with Crippen molar-refractivity contribution >= 4 is 23.4 Å². The van der Waals surface area contributed by atoms with E-state index in [1.54, 1.807) is 24.3 Å². The number of nitrogens with zero attached hydrogens (tertiary/aromatic N) is 2. The summed E-state index contributed by atoms with van der Waals surface area (Å²) in [4.78, 5) is 30.9. The zero-order valence-corrected chi connectivity index (χ0v) is 16.5. The van der Waals surface area contributed by atoms with E-state index < -0.39 is 5.56 Å². The molecule has 1 heterocycles. The maximum absolute atomic E-state index is 12.2. The molecule has 3 rings (SSSR count). The maximum Gasteiger partial charge on any atom is 0.269 e. The number of carbonyl (C=O) groups is 1. The Morgan fingerprint density at radius 3 is 2.52 bits per heavy atom. The molecule has 146 valence electrons. The number of thioether (sulfide) groups is 1. The molecule has 0 unspecified atom stereocenters. The number of carbonyl (C=O) groups excluding carboxylic acids is 1. The standard InChI is InChI=1S/C21H18N4O3S/c1-2-18-17(12-22)20(27)25-21(24-18)29-13-19(26)23-14-8-10-16(11-9-14)28-15-6-4-3-5-7-15/h3-11H,2,13H2,1H3,(H,23,26)(H,24,25,27). The Morgan fingerprint density at radius 2 is 1.86 bits per heavy atom. The van der Waals surface area contributed by atoms with Crippen molar-refractivity contribution in [2.45, 2.75) is 18.5 Å². The van der Waals surface area contributed by atoms with Crippen molar-refractivity contribution < 1.29 is 9.53 Å². The summed E-state index contributed by atoms with van der Waals surface area (Å²) in [6, 6.07) is 18.3. The third-order valence-corrected chi connectivity index (χ3v) is 4.75. The van der Waals surface area contributed by atoms with Crippen LogP contribution in [0.15, 0.2) is 64.5 Å². The Labute approximate surface area is 171 Å². The topological polar surface area (TPSA) is 108 Å². The number of hydrogen-bond donors (Lipinski definition) is 2. The normalized spacial score (nSPS) is 10.2. The molecule has 0 saturated heterocycles. The van der Waals surface area contributed by atoms with Crippen molar-refractivity contribution in [1.82, 2.24) is 9.97 Å². The van der Waals surface area contributed by atoms with E-state index in [0.29, 0.717) is 28.7 Å². The van der Waals surface area contributed by atoms with E-state index in [4.69, 9.17) is 10.00 Å². The van der Waals surface area contributed by atoms with Crippen LogP contribution < -0.4 is 15.6 Å². The predicted octanol–water partition coefficient (Wildman–Crippen LogP) is 3.73. The number of nitrogens with one attached hydrogen (secondary N) is 2. The summed E-state index contributed by atoms with van der Waals surface area (Å²) in [5.74, 6) is 1.23. The lowest BCUT2D eigenvalue weighted by molar-refractivity contribution is -0.113. The van der Waals surface area contributed by atoms with Gasteiger partial charge in [-0.1, -0.05) is 36.9 Å². The zero-order chi connectivity index (χ0) is 20.6. The number of rotatable bonds is 7. The van der Waals surface area contributed by atoms with Gasteiger partial charge in [0, 0.05) is 5.69 Å². The summed E-state index contributed by atoms with van der Waals surface area (Å²) in [5.41, 5.74) is 0.579. The average molecular weight is 406 g/mol. The van der Waals surface area contributed by atoms with Gasteiger partial charge in [-0.15, -0.1) is 0 Å². The predicted molar refractivity (Wildman–Crippen MR) is 111 cm³/mol. The maximum atomic E-state index is 12.2. The average Bonchev–Trinajstić information content (AvgIpc) is 2.74. The van der Waals surface area contributed by atoms with Crippen LogP contribution in [0.25, 0.3) is 0 Å². The Bertz CT molecular complexity index is 1090. The van der Waals surface area contributed by atoms with E-state index in [9.17, 15) is 9.59 Å². The number of aryl methyl sites for hydroxylation is 1. The smallest absolute Gasteiger partial charge is 0.269 e. The minimum Gasteiger partial charge on any atom is -0.457 e. The number of aromatic nitrogens is 2. The number of para-hydroxylation sites is 1. The molecule has 0 saturated carbocycles. The second-order valence-electron chi connectivity index (χ2n) is 5.93. The van der Waals surface area contributed by atoms with Crippen LogP contribution in [0.1, 0.15) is 18.2 Å². The number of H-pyrrole nitrogens is 1. The van der Waals surface area contributed by atoms with Crippen molar-refractivity contribution in [2.75, 3.05) is 11.1 Å². The van der Waals surface area contributed by atoms with Gasteiger partial charge in [0.2, 0.25) is 5.91 Å². The van der Waals surface area contributed by atoms with Crippen LogP contribution in [0.2, 0.25) is 0 Å². The van der Waals surface area contributed by atoms with E-state index in [1.807, 2.05) is 43.3 Å². The van der Waals surface area contributed by atoms with Crippen molar-refractivity contribution in [2.24, 2.45) is 0 Å². The molecule has 7 nitrogen and oxygen atoms in total. The Hall–Kier alpha value is -3.57. The quantitative estimate of drug-likeness (QED) is 0.457. The molecule has 0 fully saturated rings. The lowest BCUT2D eigenvalue weighted by atomic mass is 10.2. The van der Waals surface area contributed by atoms with Gasteiger partial charge in [-0.2, -0.15) is 5.26 Å². The minimum atomic E-state index is -0.490. The van der Waals surface area contributed by atoms with Gasteiger partial charge < -0.3 is 15.0 Å². The molecule has 0 radical (unpaired) electrons. The van der Waals surface area contributed by atoms with Gasteiger partial charge in [-0.25, -0.2) is 4.98 Å². The van der Waals surface area contributed by atoms with Gasteiger partial charge >= 0.3 is 0 Å². The van der Waals surface area contributed by atoms with E-state index in [2.05, 4.69) is 15.3 Å². The highest BCUT2D eigenvalue weighted by Crippen LogP contribution is 2.23. The first-order valence-corrected chi connectivity index (χ1v) is 9.86. The molecular formula is C21H18N4O3S. The summed E-state index contributed by atoms with van der Waals surface area (Å²) in [7, 11) is 0. The third kappa shape index (κ3) is 5.46. The highest BCUT2D eigenvalue weighted by atomic mass is 32.2. The van der Waals surface area contributed by atoms with Crippen LogP contribution >= 0.6 is 11.8 Å². The van der Waals surface area contributed by atoms with E-state index in [-0.39, 0.29) is 17.2 Å². The van der Waals surface area contributed by atoms with Gasteiger partial charge in [0.15, 0.2) is 5.16 Å². The number of ether oxygens (including phenoxy) is 1. The van der Waals surface area contributed by atoms with Crippen LogP contribution in [0.5, 0.6) is 11.5 Å². The molecular weight excluding hydrogens is 388 g/mol. The van der Waals surface area contributed by atoms with Crippen molar-refractivity contribution in [3.8, 4) is 17.6 Å². The van der Waals surface area contributed by atoms with Gasteiger partial charge in [0.05, 0.1) is 11.4 Å². The summed E-state index contributed by atoms with van der Waals surface area (Å²) in [6.07, 6.45) is 0.462. The molecule has 2 N–H and O–H groups in total. The first kappa shape index (κ1) is 20.2. The fourth-order valence-corrected chi connectivity index (χ4v) is 3.18. The summed E-state index contributed by atoms with van der Waals surface area (Å²) in [5, 5.41) is 12.1. The largest absolute Gasteiger partial charge is 0.457 e. The summed E-state index contributed by atoms with van der Waals surface area (Å²) in [6.45, 7) is 1.81. The molecule has 2 aromatic carbocycles. The van der Waals surface area contributed by atoms with Crippen LogP contribution in [0.3, 0.4) is 0 Å². The van der Waals surface area contributed by atoms with Crippen LogP contribution in [0.4, 0.5) is 5.69 Å². The van der Waals surface area contributed by atoms with Crippen molar-refractivity contribution in [3.63, 3.8) is 0 Å². The van der Waals surface area contributed by atoms with Crippen LogP contribution in [0, 0.1) is 11.3 Å². The highest BCUT2D eigenvalue weighted by Gasteiger charge is 2.11. The first-order chi connectivity index (χ1) is 14.1. The second kappa shape index (κ2) is 9.57. The summed E-state index contributed by atoms with van der Waals surface area (Å²) < 4.78 is 5.71. The number of amides is 1. The van der Waals surface area contributed by atoms with Crippen molar-refractivity contribution in [3.05, 3.63) is 76.2 Å². The van der Waals surface area contributed by atoms with Crippen LogP contribution in [-0.4, -0.2) is 21.6 Å². The molecule has 0 bridgehead atoms. The lowest BCUT2D eigenvalue weighted by Gasteiger charge is -2.08. The molecule has 1 aromatic heterocycles. The SMILES string of the molecule is CCc1nc(SCC(=O)Nc2ccc(Oc3ccccc3)cc2)[nH]c(=O)c1C#N. The molecule has 0 atom stereocenters. The fourth-order valence-electron chi connectivity index (χ4n) is 2.50.